The van der Waals surface area contributed by atoms with Crippen LogP contribution in [-0.2, 0) is 19.4 Å². The van der Waals surface area contributed by atoms with Crippen molar-refractivity contribution in [2.75, 3.05) is 25.2 Å². The first kappa shape index (κ1) is 17.7. The number of amides is 1. The fraction of sp³-hybridized carbons (Fsp3) is 0.938. The molecule has 128 valence electrons. The number of nitrogens with zero attached hydrogens (tertiary/aromatic N) is 1. The Labute approximate surface area is 134 Å². The highest BCUT2D eigenvalue weighted by Gasteiger charge is 2.57. The average molecular weight is 331 g/mol. The molecule has 0 radical (unpaired) electrons. The van der Waals surface area contributed by atoms with Gasteiger partial charge in [-0.3, -0.25) is 4.79 Å². The van der Waals surface area contributed by atoms with E-state index in [1.54, 1.807) is 18.9 Å². The third-order valence-corrected chi connectivity index (χ3v) is 7.11. The summed E-state index contributed by atoms with van der Waals surface area (Å²) in [5.74, 6) is -0.623. The van der Waals surface area contributed by atoms with Crippen LogP contribution in [-0.4, -0.2) is 56.5 Å². The molecule has 0 N–H and O–H groups in total. The van der Waals surface area contributed by atoms with Crippen molar-refractivity contribution >= 4 is 15.7 Å². The van der Waals surface area contributed by atoms with E-state index in [4.69, 9.17) is 4.74 Å². The quantitative estimate of drug-likeness (QED) is 0.747. The van der Waals surface area contributed by atoms with E-state index in [0.717, 1.165) is 19.3 Å². The molecule has 0 bridgehead atoms. The SMILES string of the molecule is CCO[C@H]1C[C@H](N(C)C(=O)CS(=O)(=O)CC)C12CCCCC2. The second-order valence-corrected chi connectivity index (χ2v) is 9.02. The molecule has 22 heavy (non-hydrogen) atoms. The van der Waals surface area contributed by atoms with Crippen molar-refractivity contribution in [3.8, 4) is 0 Å². The van der Waals surface area contributed by atoms with Crippen molar-refractivity contribution in [2.24, 2.45) is 5.41 Å². The Hall–Kier alpha value is -0.620. The van der Waals surface area contributed by atoms with Crippen LogP contribution in [0.15, 0.2) is 0 Å². The van der Waals surface area contributed by atoms with Gasteiger partial charge in [0.25, 0.3) is 0 Å². The zero-order valence-electron chi connectivity index (χ0n) is 14.0. The maximum Gasteiger partial charge on any atom is 0.237 e. The molecular formula is C16H29NO4S. The van der Waals surface area contributed by atoms with E-state index in [0.29, 0.717) is 6.61 Å². The number of rotatable bonds is 6. The molecule has 2 atom stereocenters. The predicted molar refractivity (Wildman–Crippen MR) is 86.4 cm³/mol. The Kier molecular flexibility index (Phi) is 5.54. The lowest BCUT2D eigenvalue weighted by atomic mass is 9.54. The van der Waals surface area contributed by atoms with Crippen molar-refractivity contribution in [3.05, 3.63) is 0 Å². The highest BCUT2D eigenvalue weighted by molar-refractivity contribution is 7.92. The van der Waals surface area contributed by atoms with Gasteiger partial charge in [-0.15, -0.1) is 0 Å². The zero-order chi connectivity index (χ0) is 16.4. The Morgan fingerprint density at radius 1 is 1.23 bits per heavy atom. The molecule has 2 rings (SSSR count). The fourth-order valence-corrected chi connectivity index (χ4v) is 4.92. The van der Waals surface area contributed by atoms with Gasteiger partial charge in [0, 0.05) is 30.9 Å². The van der Waals surface area contributed by atoms with Crippen molar-refractivity contribution < 1.29 is 17.9 Å². The van der Waals surface area contributed by atoms with Gasteiger partial charge in [-0.25, -0.2) is 8.42 Å². The largest absolute Gasteiger partial charge is 0.378 e. The van der Waals surface area contributed by atoms with Crippen molar-refractivity contribution in [1.82, 2.24) is 4.90 Å². The minimum absolute atomic E-state index is 0.0178. The fourth-order valence-electron chi connectivity index (χ4n) is 4.14. The summed E-state index contributed by atoms with van der Waals surface area (Å²) in [5, 5.41) is 0. The van der Waals surface area contributed by atoms with Crippen LogP contribution >= 0.6 is 0 Å². The number of carbonyl (C=O) groups excluding carboxylic acids is 1. The predicted octanol–water partition coefficient (Wildman–Crippen LogP) is 2.01. The van der Waals surface area contributed by atoms with Crippen molar-refractivity contribution in [2.45, 2.75) is 64.5 Å². The van der Waals surface area contributed by atoms with Gasteiger partial charge >= 0.3 is 0 Å². The molecule has 0 aromatic heterocycles. The first-order valence-corrected chi connectivity index (χ1v) is 10.3. The minimum Gasteiger partial charge on any atom is -0.378 e. The van der Waals surface area contributed by atoms with Gasteiger partial charge in [-0.05, 0) is 26.2 Å². The third-order valence-electron chi connectivity index (χ3n) is 5.54. The molecule has 2 fully saturated rings. The summed E-state index contributed by atoms with van der Waals surface area (Å²) in [6.07, 6.45) is 6.82. The average Bonchev–Trinajstić information content (AvgIpc) is 2.51. The number of hydrogen-bond acceptors (Lipinski definition) is 4. The number of sulfone groups is 1. The van der Waals surface area contributed by atoms with Gasteiger partial charge in [-0.1, -0.05) is 26.2 Å². The normalized spacial score (nSPS) is 27.4. The lowest BCUT2D eigenvalue weighted by Crippen LogP contribution is -2.66. The Morgan fingerprint density at radius 2 is 1.86 bits per heavy atom. The standard InChI is InChI=1S/C16H29NO4S/c1-4-21-14-11-13(16(14)9-7-6-8-10-16)17(3)15(18)12-22(19,20)5-2/h13-14H,4-12H2,1-3H3/t13-,14-/m0/s1. The van der Waals surface area contributed by atoms with Crippen LogP contribution < -0.4 is 0 Å². The van der Waals surface area contributed by atoms with Gasteiger partial charge in [0.05, 0.1) is 6.10 Å². The number of hydrogen-bond donors (Lipinski definition) is 0. The molecule has 1 spiro atoms. The van der Waals surface area contributed by atoms with Crippen molar-refractivity contribution in [1.29, 1.82) is 0 Å². The lowest BCUT2D eigenvalue weighted by Gasteiger charge is -2.60. The minimum atomic E-state index is -3.27. The van der Waals surface area contributed by atoms with Crippen LogP contribution in [0.5, 0.6) is 0 Å². The van der Waals surface area contributed by atoms with E-state index in [1.165, 1.54) is 19.3 Å². The number of carbonyl (C=O) groups is 1. The molecule has 1 amide bonds. The van der Waals surface area contributed by atoms with E-state index >= 15 is 0 Å². The van der Waals surface area contributed by atoms with Gasteiger partial charge in [0.1, 0.15) is 5.75 Å². The summed E-state index contributed by atoms with van der Waals surface area (Å²) in [7, 11) is -1.51. The van der Waals surface area contributed by atoms with Crippen LogP contribution in [0, 0.1) is 5.41 Å². The maximum atomic E-state index is 12.3. The Morgan fingerprint density at radius 3 is 2.41 bits per heavy atom. The van der Waals surface area contributed by atoms with E-state index in [9.17, 15) is 13.2 Å². The number of ether oxygens (including phenoxy) is 1. The van der Waals surface area contributed by atoms with Crippen LogP contribution in [0.1, 0.15) is 52.4 Å². The second-order valence-electron chi connectivity index (χ2n) is 6.67. The molecule has 2 saturated carbocycles. The van der Waals surface area contributed by atoms with Crippen LogP contribution in [0.25, 0.3) is 0 Å². The highest BCUT2D eigenvalue weighted by Crippen LogP contribution is 2.55. The molecule has 0 aromatic carbocycles. The van der Waals surface area contributed by atoms with Crippen LogP contribution in [0.4, 0.5) is 0 Å². The molecule has 0 unspecified atom stereocenters. The first-order valence-electron chi connectivity index (χ1n) is 8.44. The van der Waals surface area contributed by atoms with E-state index in [-0.39, 0.29) is 35.0 Å². The molecule has 0 aromatic rings. The van der Waals surface area contributed by atoms with Gasteiger partial charge < -0.3 is 9.64 Å². The summed E-state index contributed by atoms with van der Waals surface area (Å²) < 4.78 is 29.3. The van der Waals surface area contributed by atoms with Gasteiger partial charge in [0.15, 0.2) is 9.84 Å². The molecular weight excluding hydrogens is 302 g/mol. The Bertz CT molecular complexity index is 496. The maximum absolute atomic E-state index is 12.3. The summed E-state index contributed by atoms with van der Waals surface area (Å²) >= 11 is 0. The van der Waals surface area contributed by atoms with Crippen LogP contribution in [0.3, 0.4) is 0 Å². The second kappa shape index (κ2) is 6.87. The third kappa shape index (κ3) is 3.32. The first-order chi connectivity index (χ1) is 10.4. The zero-order valence-corrected chi connectivity index (χ0v) is 14.8. The van der Waals surface area contributed by atoms with Gasteiger partial charge in [0.2, 0.25) is 5.91 Å². The molecule has 2 aliphatic carbocycles. The molecule has 5 nitrogen and oxygen atoms in total. The van der Waals surface area contributed by atoms with Crippen LogP contribution in [0.2, 0.25) is 0 Å². The topological polar surface area (TPSA) is 63.7 Å². The van der Waals surface area contributed by atoms with E-state index in [1.807, 2.05) is 6.92 Å². The molecule has 0 aliphatic heterocycles. The summed E-state index contributed by atoms with van der Waals surface area (Å²) in [4.78, 5) is 14.0. The highest BCUT2D eigenvalue weighted by atomic mass is 32.2. The molecule has 0 saturated heterocycles. The van der Waals surface area contributed by atoms with Crippen molar-refractivity contribution in [3.63, 3.8) is 0 Å². The monoisotopic (exact) mass is 331 g/mol. The molecule has 2 aliphatic rings. The molecule has 0 heterocycles. The summed E-state index contributed by atoms with van der Waals surface area (Å²) in [6, 6.07) is 0.129. The smallest absolute Gasteiger partial charge is 0.237 e. The summed E-state index contributed by atoms with van der Waals surface area (Å²) in [6.45, 7) is 4.28. The van der Waals surface area contributed by atoms with Gasteiger partial charge in [-0.2, -0.15) is 0 Å². The molecule has 6 heteroatoms. The van der Waals surface area contributed by atoms with E-state index in [2.05, 4.69) is 0 Å². The lowest BCUT2D eigenvalue weighted by molar-refractivity contribution is -0.183. The Balaban J connectivity index is 2.08. The van der Waals surface area contributed by atoms with E-state index < -0.39 is 9.84 Å². The summed E-state index contributed by atoms with van der Waals surface area (Å²) in [5.41, 5.74) is 0.0502.